The molecule has 0 spiro atoms. The minimum atomic E-state index is -0.00884. The van der Waals surface area contributed by atoms with Gasteiger partial charge in [-0.1, -0.05) is 87.9 Å². The Balaban J connectivity index is 0.000000204. The number of fused-ring (bicyclic) bond motifs is 3. The summed E-state index contributed by atoms with van der Waals surface area (Å²) in [4.78, 5) is 49.4. The molecule has 0 bridgehead atoms. The van der Waals surface area contributed by atoms with Crippen molar-refractivity contribution in [2.24, 2.45) is 32.0 Å². The van der Waals surface area contributed by atoms with Gasteiger partial charge in [0.1, 0.15) is 36.9 Å². The first-order valence-electron chi connectivity index (χ1n) is 24.8. The van der Waals surface area contributed by atoms with Crippen molar-refractivity contribution >= 4 is 125 Å². The fourth-order valence-corrected chi connectivity index (χ4v) is 9.99. The monoisotopic (exact) mass is 1200 g/mol. The number of Topliss-reactive ketones (excluding diaryl/α,β-unsaturated/α-hetero) is 1. The Morgan fingerprint density at radius 2 is 1.04 bits per heavy atom. The maximum atomic E-state index is 12.9. The molecule has 8 aromatic heterocycles. The molecular formula is C53H66BrCl4N15O4. The lowest BCUT2D eigenvalue weighted by Gasteiger charge is -2.24. The molecule has 412 valence electrons. The highest BCUT2D eigenvalue weighted by atomic mass is 79.9. The molecule has 0 radical (unpaired) electrons. The Morgan fingerprint density at radius 1 is 0.636 bits per heavy atom. The fourth-order valence-electron chi connectivity index (χ4n) is 8.62. The van der Waals surface area contributed by atoms with Gasteiger partial charge in [-0.05, 0) is 120 Å². The summed E-state index contributed by atoms with van der Waals surface area (Å²) < 4.78 is 6.27. The average molecular weight is 1200 g/mol. The molecule has 0 atom stereocenters. The van der Waals surface area contributed by atoms with Crippen LogP contribution in [0.15, 0.2) is 52.1 Å². The van der Waals surface area contributed by atoms with E-state index in [2.05, 4.69) is 104 Å². The summed E-state index contributed by atoms with van der Waals surface area (Å²) >= 11 is 26.4. The van der Waals surface area contributed by atoms with E-state index in [1.165, 1.54) is 34.7 Å². The van der Waals surface area contributed by atoms with Crippen LogP contribution in [0.5, 0.6) is 0 Å². The average Bonchev–Trinajstić information content (AvgIpc) is 3.93. The van der Waals surface area contributed by atoms with Gasteiger partial charge in [0, 0.05) is 82.2 Å². The maximum Gasteiger partial charge on any atom is 0.240 e. The Bertz CT molecular complexity index is 3350. The summed E-state index contributed by atoms with van der Waals surface area (Å²) in [6.07, 6.45) is 2.70. The van der Waals surface area contributed by atoms with E-state index < -0.39 is 0 Å². The number of rotatable bonds is 16. The van der Waals surface area contributed by atoms with Gasteiger partial charge in [0.25, 0.3) is 0 Å². The van der Waals surface area contributed by atoms with Gasteiger partial charge >= 0.3 is 0 Å². The molecule has 0 aromatic carbocycles. The van der Waals surface area contributed by atoms with Gasteiger partial charge in [-0.2, -0.15) is 20.3 Å². The van der Waals surface area contributed by atoms with Crippen LogP contribution >= 0.6 is 62.3 Å². The zero-order valence-corrected chi connectivity index (χ0v) is 50.0. The van der Waals surface area contributed by atoms with E-state index in [0.29, 0.717) is 54.8 Å². The van der Waals surface area contributed by atoms with Gasteiger partial charge in [-0.25, -0.2) is 35.6 Å². The molecule has 0 aliphatic rings. The second-order valence-electron chi connectivity index (χ2n) is 19.1. The van der Waals surface area contributed by atoms with Crippen molar-refractivity contribution in [3.05, 3.63) is 107 Å². The zero-order valence-electron chi connectivity index (χ0n) is 45.4. The van der Waals surface area contributed by atoms with Gasteiger partial charge in [0.15, 0.2) is 22.7 Å². The van der Waals surface area contributed by atoms with E-state index >= 15 is 0 Å². The lowest BCUT2D eigenvalue weighted by atomic mass is 9.99. The van der Waals surface area contributed by atoms with Crippen LogP contribution in [-0.4, -0.2) is 109 Å². The number of nitrogens with zero attached hydrogens (tertiary/aromatic N) is 14. The number of aryl methyl sites for hydroxylation is 6. The van der Waals surface area contributed by atoms with Crippen LogP contribution in [-0.2, 0) is 37.2 Å². The standard InChI is InChI=1S/C22H27Cl2N5O2.C14H23N5O.C11H14BrN3.C6H2Cl2N2O/c1-13(2)17-11-20(26-22-21(17)14(3)27-28(22)4)29(6-5-7-30)12-16(31)8-15-9-18(23)25-19(24)10-15;1-9(2)11-8-12(19(15)6-5-7-20)16-14-13(11)10(3)17-18(14)4;1-6(2)8-5-9(12)13-11-10(8)7(3)14-15(11)4;7-5-1-4(9-3-11)2-6(8)10-5/h9-11,13,30H,5-8,12H2,1-4H3;8-9,20H,5-7,15H2,1-4H3;5-6H,1-4H3;1-2H. The predicted octanol–water partition coefficient (Wildman–Crippen LogP) is 11.1. The molecule has 0 fully saturated rings. The first-order chi connectivity index (χ1) is 36.4. The molecule has 24 heteroatoms. The van der Waals surface area contributed by atoms with Crippen LogP contribution in [0, 0.1) is 20.8 Å². The number of carbonyl (C=O) groups excluding carboxylic acids is 2. The number of aliphatic hydroxyl groups excluding tert-OH is 2. The number of nitrogens with two attached hydrogens (primary N) is 1. The number of hydrogen-bond donors (Lipinski definition) is 3. The van der Waals surface area contributed by atoms with Crippen LogP contribution in [0.1, 0.15) is 111 Å². The quantitative estimate of drug-likeness (QED) is 0.0268. The number of hydrazine groups is 1. The second-order valence-corrected chi connectivity index (χ2v) is 21.5. The van der Waals surface area contributed by atoms with E-state index in [9.17, 15) is 14.7 Å². The fraction of sp³-hybridized carbons (Fsp3) is 0.434. The van der Waals surface area contributed by atoms with Crippen molar-refractivity contribution in [2.45, 2.75) is 99.3 Å². The lowest BCUT2D eigenvalue weighted by molar-refractivity contribution is -0.117. The third-order valence-corrected chi connectivity index (χ3v) is 13.3. The molecule has 8 rings (SSSR count). The lowest BCUT2D eigenvalue weighted by Crippen LogP contribution is -2.33. The highest BCUT2D eigenvalue weighted by Crippen LogP contribution is 2.33. The molecule has 8 heterocycles. The molecule has 4 N–H and O–H groups in total. The highest BCUT2D eigenvalue weighted by molar-refractivity contribution is 9.10. The van der Waals surface area contributed by atoms with Crippen LogP contribution in [0.25, 0.3) is 33.1 Å². The van der Waals surface area contributed by atoms with Crippen molar-refractivity contribution in [2.75, 3.05) is 42.8 Å². The maximum absolute atomic E-state index is 12.9. The van der Waals surface area contributed by atoms with Crippen molar-refractivity contribution in [3.63, 3.8) is 0 Å². The van der Waals surface area contributed by atoms with Crippen LogP contribution < -0.4 is 15.8 Å². The number of pyridine rings is 5. The number of aliphatic imine (C=N–C) groups is 1. The van der Waals surface area contributed by atoms with Crippen LogP contribution in [0.4, 0.5) is 17.3 Å². The van der Waals surface area contributed by atoms with Gasteiger partial charge in [-0.3, -0.25) is 23.8 Å². The molecule has 0 unspecified atom stereocenters. The number of carbonyl (C=O) groups is 1. The van der Waals surface area contributed by atoms with Gasteiger partial charge in [0.2, 0.25) is 6.08 Å². The molecule has 0 aliphatic heterocycles. The van der Waals surface area contributed by atoms with E-state index in [1.807, 2.05) is 63.6 Å². The van der Waals surface area contributed by atoms with Crippen LogP contribution in [0.2, 0.25) is 20.6 Å². The number of anilines is 2. The number of halogens is 5. The van der Waals surface area contributed by atoms with Gasteiger partial charge < -0.3 is 15.1 Å². The van der Waals surface area contributed by atoms with E-state index in [0.717, 1.165) is 60.8 Å². The molecule has 19 nitrogen and oxygen atoms in total. The van der Waals surface area contributed by atoms with Crippen molar-refractivity contribution < 1.29 is 19.8 Å². The third kappa shape index (κ3) is 16.4. The molecule has 0 aliphatic carbocycles. The van der Waals surface area contributed by atoms with Gasteiger partial charge in [-0.15, -0.1) is 0 Å². The zero-order chi connectivity index (χ0) is 57.0. The largest absolute Gasteiger partial charge is 0.396 e. The first kappa shape index (κ1) is 62.2. The summed E-state index contributed by atoms with van der Waals surface area (Å²) in [6.45, 7) is 20.3. The van der Waals surface area contributed by atoms with Crippen molar-refractivity contribution in [1.82, 2.24) is 54.3 Å². The summed E-state index contributed by atoms with van der Waals surface area (Å²) in [5.74, 6) is 8.56. The highest BCUT2D eigenvalue weighted by Gasteiger charge is 2.22. The molecule has 77 heavy (non-hydrogen) atoms. The van der Waals surface area contributed by atoms with E-state index in [1.54, 1.807) is 26.5 Å². The molecule has 8 aromatic rings. The molecular weight excluding hydrogens is 1130 g/mol. The van der Waals surface area contributed by atoms with Crippen LogP contribution in [0.3, 0.4) is 0 Å². The first-order valence-corrected chi connectivity index (χ1v) is 27.1. The summed E-state index contributed by atoms with van der Waals surface area (Å²) in [6, 6.07) is 12.3. The molecule has 0 amide bonds. The summed E-state index contributed by atoms with van der Waals surface area (Å²) in [5, 5.41) is 37.5. The Morgan fingerprint density at radius 3 is 1.48 bits per heavy atom. The third-order valence-electron chi connectivity index (χ3n) is 12.1. The van der Waals surface area contributed by atoms with E-state index in [4.69, 9.17) is 62.3 Å². The van der Waals surface area contributed by atoms with Crippen molar-refractivity contribution in [1.29, 1.82) is 0 Å². The SMILES string of the molecule is Cc1nn(C)c2nc(Br)cc(C(C)C)c12.Cc1nn(C)c2nc(N(CCCO)CC(=O)Cc3cc(Cl)nc(Cl)c3)cc(C(C)C)c12.Cc1nn(C)c2nc(N(N)CCCO)cc(C(C)C)c12.O=C=Nc1cc(Cl)nc(Cl)c1. The normalized spacial score (nSPS) is 11.2. The van der Waals surface area contributed by atoms with Crippen molar-refractivity contribution in [3.8, 4) is 0 Å². The summed E-state index contributed by atoms with van der Waals surface area (Å²) in [5.41, 5.74) is 10.3. The Labute approximate surface area is 476 Å². The topological polar surface area (TPSA) is 237 Å². The number of aliphatic hydroxyl groups is 2. The number of ketones is 1. The summed E-state index contributed by atoms with van der Waals surface area (Å²) in [7, 11) is 5.69. The van der Waals surface area contributed by atoms with E-state index in [-0.39, 0.29) is 58.5 Å². The smallest absolute Gasteiger partial charge is 0.240 e. The Kier molecular flexibility index (Phi) is 22.8. The second kappa shape index (κ2) is 28.3. The number of aromatic nitrogens is 11. The molecule has 0 saturated heterocycles. The Hall–Kier alpha value is -5.67. The van der Waals surface area contributed by atoms with Gasteiger partial charge in [0.05, 0.1) is 29.3 Å². The minimum absolute atomic E-state index is 0.00884. The minimum Gasteiger partial charge on any atom is -0.396 e. The number of isocyanates is 1. The predicted molar refractivity (Wildman–Crippen MR) is 312 cm³/mol. The number of hydrogen-bond acceptors (Lipinski definition) is 16. The molecule has 0 saturated carbocycles.